The predicted molar refractivity (Wildman–Crippen MR) is 62.9 cm³/mol. The SMILES string of the molecule is N#CCOc1c(Cl)cc(Cl)c2cccnc12. The van der Waals surface area contributed by atoms with Gasteiger partial charge in [0.25, 0.3) is 0 Å². The first kappa shape index (κ1) is 11.0. The van der Waals surface area contributed by atoms with E-state index in [1.165, 1.54) is 0 Å². The van der Waals surface area contributed by atoms with Crippen LogP contribution in [0.4, 0.5) is 0 Å². The fourth-order valence-electron chi connectivity index (χ4n) is 1.39. The molecular formula is C11H6Cl2N2O. The van der Waals surface area contributed by atoms with E-state index in [1.54, 1.807) is 18.3 Å². The standard InChI is InChI=1S/C11H6Cl2N2O/c12-8-6-9(13)11(16-5-3-14)10-7(8)2-1-4-15-10/h1-2,4,6H,5H2. The van der Waals surface area contributed by atoms with Crippen molar-refractivity contribution in [1.29, 1.82) is 5.26 Å². The van der Waals surface area contributed by atoms with E-state index in [2.05, 4.69) is 4.98 Å². The van der Waals surface area contributed by atoms with Crippen molar-refractivity contribution in [2.75, 3.05) is 6.61 Å². The highest BCUT2D eigenvalue weighted by molar-refractivity contribution is 6.39. The third kappa shape index (κ3) is 1.90. The van der Waals surface area contributed by atoms with Crippen LogP contribution in [0.25, 0.3) is 10.9 Å². The number of rotatable bonds is 2. The van der Waals surface area contributed by atoms with Crippen LogP contribution in [0, 0.1) is 11.3 Å². The highest BCUT2D eigenvalue weighted by Crippen LogP contribution is 2.36. The number of hydrogen-bond acceptors (Lipinski definition) is 3. The molecule has 0 aliphatic heterocycles. The summed E-state index contributed by atoms with van der Waals surface area (Å²) in [4.78, 5) is 4.15. The molecule has 3 nitrogen and oxygen atoms in total. The van der Waals surface area contributed by atoms with Crippen LogP contribution in [0.15, 0.2) is 24.4 Å². The summed E-state index contributed by atoms with van der Waals surface area (Å²) in [7, 11) is 0. The largest absolute Gasteiger partial charge is 0.475 e. The maximum absolute atomic E-state index is 8.48. The van der Waals surface area contributed by atoms with Gasteiger partial charge in [0, 0.05) is 11.6 Å². The molecule has 5 heteroatoms. The first-order valence-corrected chi connectivity index (χ1v) is 5.22. The van der Waals surface area contributed by atoms with Crippen molar-refractivity contribution in [2.45, 2.75) is 0 Å². The Morgan fingerprint density at radius 2 is 2.19 bits per heavy atom. The quantitative estimate of drug-likeness (QED) is 0.823. The van der Waals surface area contributed by atoms with Crippen LogP contribution in [0.3, 0.4) is 0 Å². The van der Waals surface area contributed by atoms with E-state index >= 15 is 0 Å². The Morgan fingerprint density at radius 1 is 1.38 bits per heavy atom. The number of benzene rings is 1. The predicted octanol–water partition coefficient (Wildman–Crippen LogP) is 3.44. The van der Waals surface area contributed by atoms with Gasteiger partial charge in [-0.2, -0.15) is 5.26 Å². The average molecular weight is 253 g/mol. The van der Waals surface area contributed by atoms with Gasteiger partial charge in [0.05, 0.1) is 10.0 Å². The second-order valence-electron chi connectivity index (χ2n) is 3.02. The second kappa shape index (κ2) is 4.56. The van der Waals surface area contributed by atoms with E-state index in [4.69, 9.17) is 33.2 Å². The van der Waals surface area contributed by atoms with Gasteiger partial charge >= 0.3 is 0 Å². The summed E-state index contributed by atoms with van der Waals surface area (Å²) in [6, 6.07) is 7.06. The van der Waals surface area contributed by atoms with Crippen molar-refractivity contribution < 1.29 is 4.74 Å². The van der Waals surface area contributed by atoms with Crippen LogP contribution in [-0.4, -0.2) is 11.6 Å². The van der Waals surface area contributed by atoms with Crippen molar-refractivity contribution in [3.63, 3.8) is 0 Å². The third-order valence-corrected chi connectivity index (χ3v) is 2.62. The molecule has 0 spiro atoms. The summed E-state index contributed by atoms with van der Waals surface area (Å²) >= 11 is 12.0. The van der Waals surface area contributed by atoms with Crippen molar-refractivity contribution in [1.82, 2.24) is 4.98 Å². The molecule has 0 bridgehead atoms. The number of fused-ring (bicyclic) bond motifs is 1. The molecule has 1 heterocycles. The van der Waals surface area contributed by atoms with E-state index in [0.29, 0.717) is 21.3 Å². The normalized spacial score (nSPS) is 10.1. The first-order valence-electron chi connectivity index (χ1n) is 4.46. The van der Waals surface area contributed by atoms with Crippen LogP contribution in [-0.2, 0) is 0 Å². The van der Waals surface area contributed by atoms with Gasteiger partial charge in [-0.3, -0.25) is 4.98 Å². The summed E-state index contributed by atoms with van der Waals surface area (Å²) in [6.45, 7) is -0.0764. The molecule has 0 atom stereocenters. The minimum Gasteiger partial charge on any atom is -0.475 e. The number of aromatic nitrogens is 1. The average Bonchev–Trinajstić information content (AvgIpc) is 2.29. The van der Waals surface area contributed by atoms with Gasteiger partial charge in [0.2, 0.25) is 0 Å². The lowest BCUT2D eigenvalue weighted by Gasteiger charge is -2.08. The summed E-state index contributed by atoms with van der Waals surface area (Å²) in [5.41, 5.74) is 0.565. The minimum atomic E-state index is -0.0764. The number of pyridine rings is 1. The van der Waals surface area contributed by atoms with Crippen LogP contribution in [0.2, 0.25) is 10.0 Å². The van der Waals surface area contributed by atoms with Gasteiger partial charge in [-0.1, -0.05) is 23.2 Å². The summed E-state index contributed by atoms with van der Waals surface area (Å²) in [6.07, 6.45) is 1.62. The molecular weight excluding hydrogens is 247 g/mol. The maximum Gasteiger partial charge on any atom is 0.174 e. The van der Waals surface area contributed by atoms with Gasteiger partial charge < -0.3 is 4.74 Å². The summed E-state index contributed by atoms with van der Waals surface area (Å²) in [5.74, 6) is 0.392. The molecule has 0 fully saturated rings. The highest BCUT2D eigenvalue weighted by Gasteiger charge is 2.11. The van der Waals surface area contributed by atoms with E-state index in [0.717, 1.165) is 5.39 Å². The lowest BCUT2D eigenvalue weighted by molar-refractivity contribution is 0.372. The van der Waals surface area contributed by atoms with Crippen LogP contribution in [0.5, 0.6) is 5.75 Å². The molecule has 2 aromatic rings. The summed E-state index contributed by atoms with van der Waals surface area (Å²) < 4.78 is 5.24. The van der Waals surface area contributed by atoms with Gasteiger partial charge in [-0.25, -0.2) is 0 Å². The molecule has 1 aromatic heterocycles. The molecule has 0 amide bonds. The monoisotopic (exact) mass is 252 g/mol. The third-order valence-electron chi connectivity index (χ3n) is 2.03. The van der Waals surface area contributed by atoms with Gasteiger partial charge in [0.1, 0.15) is 11.6 Å². The maximum atomic E-state index is 8.48. The van der Waals surface area contributed by atoms with Crippen LogP contribution < -0.4 is 4.74 Å². The first-order chi connectivity index (χ1) is 7.74. The molecule has 0 radical (unpaired) electrons. The number of nitrogens with zero attached hydrogens (tertiary/aromatic N) is 2. The van der Waals surface area contributed by atoms with E-state index < -0.39 is 0 Å². The molecule has 1 aromatic carbocycles. The van der Waals surface area contributed by atoms with Crippen molar-refractivity contribution in [3.05, 3.63) is 34.4 Å². The smallest absolute Gasteiger partial charge is 0.174 e. The van der Waals surface area contributed by atoms with Gasteiger partial charge in [-0.05, 0) is 18.2 Å². The number of ether oxygens (including phenoxy) is 1. The van der Waals surface area contributed by atoms with Gasteiger partial charge in [0.15, 0.2) is 12.4 Å². The molecule has 0 saturated carbocycles. The van der Waals surface area contributed by atoms with E-state index in [9.17, 15) is 0 Å². The zero-order valence-corrected chi connectivity index (χ0v) is 9.59. The van der Waals surface area contributed by atoms with Crippen molar-refractivity contribution in [2.24, 2.45) is 0 Å². The van der Waals surface area contributed by atoms with Crippen molar-refractivity contribution >= 4 is 34.1 Å². The van der Waals surface area contributed by atoms with Crippen molar-refractivity contribution in [3.8, 4) is 11.8 Å². The second-order valence-corrected chi connectivity index (χ2v) is 3.83. The van der Waals surface area contributed by atoms with Gasteiger partial charge in [-0.15, -0.1) is 0 Å². The van der Waals surface area contributed by atoms with Crippen LogP contribution >= 0.6 is 23.2 Å². The minimum absolute atomic E-state index is 0.0764. The molecule has 0 unspecified atom stereocenters. The Hall–Kier alpha value is -1.50. The Balaban J connectivity index is 2.67. The number of hydrogen-bond donors (Lipinski definition) is 0. The Morgan fingerprint density at radius 3 is 2.94 bits per heavy atom. The molecule has 0 saturated heterocycles. The molecule has 0 aliphatic carbocycles. The lowest BCUT2D eigenvalue weighted by atomic mass is 10.2. The molecule has 16 heavy (non-hydrogen) atoms. The lowest BCUT2D eigenvalue weighted by Crippen LogP contribution is -1.96. The zero-order chi connectivity index (χ0) is 11.5. The molecule has 0 aliphatic rings. The topological polar surface area (TPSA) is 45.9 Å². The highest BCUT2D eigenvalue weighted by atomic mass is 35.5. The molecule has 80 valence electrons. The van der Waals surface area contributed by atoms with E-state index in [1.807, 2.05) is 12.1 Å². The molecule has 2 rings (SSSR count). The Kier molecular flexibility index (Phi) is 3.14. The zero-order valence-electron chi connectivity index (χ0n) is 8.08. The fraction of sp³-hybridized carbons (Fsp3) is 0.0909. The fourth-order valence-corrected chi connectivity index (χ4v) is 1.96. The number of halogens is 2. The Labute approximate surface area is 102 Å². The molecule has 0 N–H and O–H groups in total. The van der Waals surface area contributed by atoms with Crippen LogP contribution in [0.1, 0.15) is 0 Å². The Bertz CT molecular complexity index is 578. The summed E-state index contributed by atoms with van der Waals surface area (Å²) in [5, 5.41) is 10.1. The number of nitriles is 1. The van der Waals surface area contributed by atoms with E-state index in [-0.39, 0.29) is 6.61 Å².